The molecule has 1 unspecified atom stereocenters. The average molecular weight is 899 g/mol. The van der Waals surface area contributed by atoms with Crippen molar-refractivity contribution in [3.63, 3.8) is 0 Å². The van der Waals surface area contributed by atoms with Gasteiger partial charge >= 0.3 is 17.9 Å². The Morgan fingerprint density at radius 3 is 0.969 bits per heavy atom. The molecule has 0 aliphatic rings. The quantitative estimate of drug-likeness (QED) is 0.0262. The lowest BCUT2D eigenvalue weighted by molar-refractivity contribution is -0.167. The van der Waals surface area contributed by atoms with E-state index in [2.05, 4.69) is 142 Å². The molecule has 0 bridgehead atoms. The predicted octanol–water partition coefficient (Wildman–Crippen LogP) is 17.3. The molecule has 0 fully saturated rings. The van der Waals surface area contributed by atoms with Gasteiger partial charge in [-0.25, -0.2) is 0 Å². The third kappa shape index (κ3) is 50.7. The van der Waals surface area contributed by atoms with E-state index in [1.54, 1.807) is 0 Å². The molecule has 1 atom stereocenters. The normalized spacial score (nSPS) is 13.1. The van der Waals surface area contributed by atoms with E-state index >= 15 is 0 Å². The van der Waals surface area contributed by atoms with Gasteiger partial charge in [0.25, 0.3) is 0 Å². The molecule has 0 aromatic rings. The highest BCUT2D eigenvalue weighted by Crippen LogP contribution is 2.13. The Morgan fingerprint density at radius 2 is 0.600 bits per heavy atom. The molecule has 0 aliphatic heterocycles. The second-order valence-corrected chi connectivity index (χ2v) is 16.7. The zero-order valence-electron chi connectivity index (χ0n) is 41.7. The molecule has 366 valence electrons. The standard InChI is InChI=1S/C59H94O6/c1-4-7-10-13-16-19-21-23-25-26-27-28-29-30-31-32-34-35-37-40-43-46-49-52-58(61)64-55-56(54-63-57(60)51-48-45-42-39-18-15-12-9-6-3)65-59(62)53-50-47-44-41-38-36-33-24-22-20-17-14-11-8-5-2/h7-8,10-11,16-17,19-20,23-25,27-28,30-31,33-35,38,41,56H,4-6,9,12-15,18,21-22,26,29,32,36-37,39-40,42-55H2,1-3H3/b10-7-,11-8-,19-16-,20-17-,25-23-,28-27-,31-30-,33-24-,35-34-,41-38-. The highest BCUT2D eigenvalue weighted by molar-refractivity contribution is 5.71. The fourth-order valence-corrected chi connectivity index (χ4v) is 6.61. The molecule has 0 rings (SSSR count). The first-order valence-corrected chi connectivity index (χ1v) is 26.0. The highest BCUT2D eigenvalue weighted by atomic mass is 16.6. The first-order chi connectivity index (χ1) is 32.0. The number of unbranched alkanes of at least 4 members (excludes halogenated alkanes) is 14. The van der Waals surface area contributed by atoms with Crippen molar-refractivity contribution < 1.29 is 28.6 Å². The number of hydrogen-bond acceptors (Lipinski definition) is 6. The van der Waals surface area contributed by atoms with E-state index in [1.807, 2.05) is 0 Å². The van der Waals surface area contributed by atoms with Crippen LogP contribution in [-0.4, -0.2) is 37.2 Å². The van der Waals surface area contributed by atoms with Crippen LogP contribution in [0.2, 0.25) is 0 Å². The number of carbonyl (C=O) groups excluding carboxylic acids is 3. The zero-order chi connectivity index (χ0) is 47.2. The minimum Gasteiger partial charge on any atom is -0.462 e. The minimum absolute atomic E-state index is 0.105. The number of ether oxygens (including phenoxy) is 3. The van der Waals surface area contributed by atoms with E-state index in [-0.39, 0.29) is 37.5 Å². The van der Waals surface area contributed by atoms with Crippen LogP contribution in [0.1, 0.15) is 213 Å². The maximum Gasteiger partial charge on any atom is 0.306 e. The Kier molecular flexibility index (Phi) is 49.1. The second-order valence-electron chi connectivity index (χ2n) is 16.7. The Hall–Kier alpha value is -4.19. The van der Waals surface area contributed by atoms with E-state index < -0.39 is 6.10 Å². The van der Waals surface area contributed by atoms with Crippen LogP contribution < -0.4 is 0 Å². The largest absolute Gasteiger partial charge is 0.462 e. The summed E-state index contributed by atoms with van der Waals surface area (Å²) in [4.78, 5) is 37.9. The first kappa shape index (κ1) is 60.8. The summed E-state index contributed by atoms with van der Waals surface area (Å²) < 4.78 is 16.7. The summed E-state index contributed by atoms with van der Waals surface area (Å²) in [5.41, 5.74) is 0. The zero-order valence-corrected chi connectivity index (χ0v) is 41.7. The molecule has 0 radical (unpaired) electrons. The van der Waals surface area contributed by atoms with Crippen LogP contribution in [0.5, 0.6) is 0 Å². The SMILES string of the molecule is CC/C=C\C/C=C\C/C=C\C/C=C\C/C=C\C/C=C\CCCCCCC(=O)OCC(COC(=O)CCCCCCCCCCC)OC(=O)CCCC/C=C\C/C=C\C/C=C\C/C=C\CC. The maximum atomic E-state index is 12.8. The summed E-state index contributed by atoms with van der Waals surface area (Å²) >= 11 is 0. The summed E-state index contributed by atoms with van der Waals surface area (Å²) in [5.74, 6) is -0.984. The number of carbonyl (C=O) groups is 3. The number of hydrogen-bond donors (Lipinski definition) is 0. The van der Waals surface area contributed by atoms with Gasteiger partial charge in [-0.3, -0.25) is 14.4 Å². The molecule has 6 heteroatoms. The van der Waals surface area contributed by atoms with Gasteiger partial charge in [-0.05, 0) is 109 Å². The molecule has 0 spiro atoms. The summed E-state index contributed by atoms with van der Waals surface area (Å²) in [6, 6.07) is 0. The second kappa shape index (κ2) is 52.4. The van der Waals surface area contributed by atoms with E-state index in [9.17, 15) is 14.4 Å². The molecular weight excluding hydrogens is 805 g/mol. The van der Waals surface area contributed by atoms with Crippen LogP contribution in [0.4, 0.5) is 0 Å². The van der Waals surface area contributed by atoms with E-state index in [1.165, 1.54) is 38.5 Å². The fraction of sp³-hybridized carbons (Fsp3) is 0.610. The molecule has 0 aliphatic carbocycles. The molecule has 0 aromatic carbocycles. The van der Waals surface area contributed by atoms with Crippen molar-refractivity contribution in [1.82, 2.24) is 0 Å². The van der Waals surface area contributed by atoms with Crippen LogP contribution >= 0.6 is 0 Å². The molecule has 6 nitrogen and oxygen atoms in total. The summed E-state index contributed by atoms with van der Waals surface area (Å²) in [7, 11) is 0. The van der Waals surface area contributed by atoms with Crippen molar-refractivity contribution >= 4 is 17.9 Å². The molecular formula is C59H94O6. The predicted molar refractivity (Wildman–Crippen MR) is 279 cm³/mol. The third-order valence-corrected chi connectivity index (χ3v) is 10.5. The van der Waals surface area contributed by atoms with Gasteiger partial charge < -0.3 is 14.2 Å². The lowest BCUT2D eigenvalue weighted by Gasteiger charge is -2.18. The van der Waals surface area contributed by atoms with Crippen LogP contribution in [0.3, 0.4) is 0 Å². The number of esters is 3. The first-order valence-electron chi connectivity index (χ1n) is 26.0. The van der Waals surface area contributed by atoms with Gasteiger partial charge in [-0.15, -0.1) is 0 Å². The van der Waals surface area contributed by atoms with Crippen molar-refractivity contribution in [2.75, 3.05) is 13.2 Å². The van der Waals surface area contributed by atoms with Crippen LogP contribution in [0, 0.1) is 0 Å². The van der Waals surface area contributed by atoms with Crippen molar-refractivity contribution in [3.8, 4) is 0 Å². The van der Waals surface area contributed by atoms with Gasteiger partial charge in [0.1, 0.15) is 13.2 Å². The highest BCUT2D eigenvalue weighted by Gasteiger charge is 2.19. The van der Waals surface area contributed by atoms with E-state index in [0.717, 1.165) is 128 Å². The Bertz CT molecular complexity index is 1400. The van der Waals surface area contributed by atoms with Gasteiger partial charge in [-0.2, -0.15) is 0 Å². The topological polar surface area (TPSA) is 78.9 Å². The summed E-state index contributed by atoms with van der Waals surface area (Å²) in [5, 5.41) is 0. The molecule has 0 saturated carbocycles. The molecule has 0 saturated heterocycles. The van der Waals surface area contributed by atoms with Crippen LogP contribution in [-0.2, 0) is 28.6 Å². The Balaban J connectivity index is 4.43. The van der Waals surface area contributed by atoms with Gasteiger partial charge in [0.05, 0.1) is 0 Å². The molecule has 65 heavy (non-hydrogen) atoms. The molecule has 0 N–H and O–H groups in total. The maximum absolute atomic E-state index is 12.8. The molecule has 0 amide bonds. The fourth-order valence-electron chi connectivity index (χ4n) is 6.61. The average Bonchev–Trinajstić information content (AvgIpc) is 3.30. The molecule has 0 heterocycles. The van der Waals surface area contributed by atoms with Gasteiger partial charge in [0, 0.05) is 19.3 Å². The van der Waals surface area contributed by atoms with Gasteiger partial charge in [0.2, 0.25) is 0 Å². The van der Waals surface area contributed by atoms with E-state index in [0.29, 0.717) is 19.3 Å². The number of rotatable bonds is 45. The summed E-state index contributed by atoms with van der Waals surface area (Å²) in [6.07, 6.45) is 71.9. The monoisotopic (exact) mass is 899 g/mol. The Morgan fingerprint density at radius 1 is 0.323 bits per heavy atom. The van der Waals surface area contributed by atoms with Crippen molar-refractivity contribution in [3.05, 3.63) is 122 Å². The smallest absolute Gasteiger partial charge is 0.306 e. The Labute approximate surface area is 399 Å². The van der Waals surface area contributed by atoms with E-state index in [4.69, 9.17) is 14.2 Å². The summed E-state index contributed by atoms with van der Waals surface area (Å²) in [6.45, 7) is 6.31. The van der Waals surface area contributed by atoms with Gasteiger partial charge in [-0.1, -0.05) is 206 Å². The number of allylic oxidation sites excluding steroid dienone is 20. The lowest BCUT2D eigenvalue weighted by Crippen LogP contribution is -2.30. The minimum atomic E-state index is -0.811. The molecule has 0 aromatic heterocycles. The van der Waals surface area contributed by atoms with Crippen molar-refractivity contribution in [1.29, 1.82) is 0 Å². The van der Waals surface area contributed by atoms with Crippen LogP contribution in [0.25, 0.3) is 0 Å². The van der Waals surface area contributed by atoms with Crippen molar-refractivity contribution in [2.24, 2.45) is 0 Å². The third-order valence-electron chi connectivity index (χ3n) is 10.5. The van der Waals surface area contributed by atoms with Crippen LogP contribution in [0.15, 0.2) is 122 Å². The lowest BCUT2D eigenvalue weighted by atomic mass is 10.1. The van der Waals surface area contributed by atoms with Crippen molar-refractivity contribution in [2.45, 2.75) is 219 Å². The van der Waals surface area contributed by atoms with Gasteiger partial charge in [0.15, 0.2) is 6.10 Å².